The number of ether oxygens (including phenoxy) is 2. The third-order valence-electron chi connectivity index (χ3n) is 8.16. The first kappa shape index (κ1) is 27.3. The molecule has 1 aromatic heterocycles. The Morgan fingerprint density at radius 3 is 2.15 bits per heavy atom. The van der Waals surface area contributed by atoms with E-state index < -0.39 is 12.3 Å². The molecule has 1 saturated heterocycles. The number of hydrogen-bond acceptors (Lipinski definition) is 7. The van der Waals surface area contributed by atoms with Gasteiger partial charge in [0, 0.05) is 37.8 Å². The van der Waals surface area contributed by atoms with Crippen LogP contribution in [0.15, 0.2) is 83.4 Å². The Hall–Kier alpha value is -3.91. The Bertz CT molecular complexity index is 1440. The van der Waals surface area contributed by atoms with Crippen molar-refractivity contribution < 1.29 is 19.1 Å². The molecule has 7 nitrogen and oxygen atoms in total. The molecule has 2 unspecified atom stereocenters. The molecule has 1 aliphatic heterocycles. The summed E-state index contributed by atoms with van der Waals surface area (Å²) in [6.45, 7) is 5.16. The van der Waals surface area contributed by atoms with Crippen molar-refractivity contribution in [2.75, 3.05) is 33.3 Å². The number of aryl methyl sites for hydroxylation is 2. The van der Waals surface area contributed by atoms with E-state index in [2.05, 4.69) is 63.5 Å². The molecule has 1 N–H and O–H groups in total. The number of aromatic nitrogens is 1. The highest BCUT2D eigenvalue weighted by Crippen LogP contribution is 2.37. The number of aliphatic hydroxyl groups is 1. The Morgan fingerprint density at radius 2 is 1.51 bits per heavy atom. The van der Waals surface area contributed by atoms with Gasteiger partial charge in [-0.3, -0.25) is 9.80 Å². The SMILES string of the molecule is COc1cc(C=Cc2ccccc2OC(C(C)O)N2CCN(C3c4ccccc4CCc4ccccc43)CC2)on1. The largest absolute Gasteiger partial charge is 0.479 e. The Morgan fingerprint density at radius 1 is 0.878 bits per heavy atom. The molecule has 0 bridgehead atoms. The van der Waals surface area contributed by atoms with E-state index in [0.29, 0.717) is 17.4 Å². The molecule has 3 aromatic carbocycles. The summed E-state index contributed by atoms with van der Waals surface area (Å²) in [5.41, 5.74) is 6.60. The summed E-state index contributed by atoms with van der Waals surface area (Å²) >= 11 is 0. The van der Waals surface area contributed by atoms with E-state index in [0.717, 1.165) is 44.6 Å². The van der Waals surface area contributed by atoms with Gasteiger partial charge in [-0.05, 0) is 65.4 Å². The van der Waals surface area contributed by atoms with Crippen LogP contribution in [0.3, 0.4) is 0 Å². The zero-order valence-electron chi connectivity index (χ0n) is 23.6. The molecule has 0 radical (unpaired) electrons. The van der Waals surface area contributed by atoms with Crippen LogP contribution in [-0.2, 0) is 12.8 Å². The summed E-state index contributed by atoms with van der Waals surface area (Å²) in [5.74, 6) is 1.72. The standard InChI is InChI=1S/C34H37N3O4/c1-24(38)34(40-31-14-8-5-11-27(31)17-18-28-23-32(39-2)35-41-28)37-21-19-36(20-22-37)33-29-12-6-3-9-25(29)15-16-26-10-4-7-13-30(26)33/h3-14,17-18,23-24,33-34,38H,15-16,19-22H2,1-2H3. The average molecular weight is 552 g/mol. The highest BCUT2D eigenvalue weighted by atomic mass is 16.5. The number of piperazine rings is 1. The minimum atomic E-state index is -0.670. The van der Waals surface area contributed by atoms with Crippen molar-refractivity contribution in [1.29, 1.82) is 0 Å². The number of para-hydroxylation sites is 1. The quantitative estimate of drug-likeness (QED) is 0.313. The number of aliphatic hydroxyl groups excluding tert-OH is 1. The first-order chi connectivity index (χ1) is 20.1. The zero-order chi connectivity index (χ0) is 28.2. The number of nitrogens with zero attached hydrogens (tertiary/aromatic N) is 3. The molecule has 41 heavy (non-hydrogen) atoms. The molecule has 1 aliphatic carbocycles. The van der Waals surface area contributed by atoms with Crippen LogP contribution >= 0.6 is 0 Å². The molecule has 0 spiro atoms. The predicted molar refractivity (Wildman–Crippen MR) is 160 cm³/mol. The van der Waals surface area contributed by atoms with Crippen molar-refractivity contribution >= 4 is 12.2 Å². The lowest BCUT2D eigenvalue weighted by atomic mass is 9.92. The van der Waals surface area contributed by atoms with Crippen molar-refractivity contribution in [2.24, 2.45) is 0 Å². The highest BCUT2D eigenvalue weighted by molar-refractivity contribution is 5.71. The van der Waals surface area contributed by atoms with E-state index in [1.807, 2.05) is 36.4 Å². The second-order valence-corrected chi connectivity index (χ2v) is 10.8. The van der Waals surface area contributed by atoms with Gasteiger partial charge in [-0.15, -0.1) is 0 Å². The summed E-state index contributed by atoms with van der Waals surface area (Å²) in [7, 11) is 1.55. The van der Waals surface area contributed by atoms with Crippen LogP contribution in [0.2, 0.25) is 0 Å². The molecule has 0 amide bonds. The van der Waals surface area contributed by atoms with Crippen molar-refractivity contribution in [3.05, 3.63) is 112 Å². The minimum absolute atomic E-state index is 0.235. The second-order valence-electron chi connectivity index (χ2n) is 10.8. The number of rotatable bonds is 8. The molecular weight excluding hydrogens is 514 g/mol. The van der Waals surface area contributed by atoms with E-state index in [1.54, 1.807) is 20.1 Å². The lowest BCUT2D eigenvalue weighted by Crippen LogP contribution is -2.56. The minimum Gasteiger partial charge on any atom is -0.479 e. The van der Waals surface area contributed by atoms with E-state index in [1.165, 1.54) is 22.3 Å². The Labute approximate surface area is 241 Å². The van der Waals surface area contributed by atoms with Crippen LogP contribution in [0.5, 0.6) is 11.6 Å². The third-order valence-corrected chi connectivity index (χ3v) is 8.16. The van der Waals surface area contributed by atoms with Crippen LogP contribution in [0.25, 0.3) is 12.2 Å². The van der Waals surface area contributed by atoms with Gasteiger partial charge in [0.15, 0.2) is 12.0 Å². The molecule has 212 valence electrons. The van der Waals surface area contributed by atoms with Gasteiger partial charge in [0.25, 0.3) is 5.88 Å². The first-order valence-corrected chi connectivity index (χ1v) is 14.4. The maximum atomic E-state index is 10.8. The van der Waals surface area contributed by atoms with E-state index in [4.69, 9.17) is 14.0 Å². The average Bonchev–Trinajstić information content (AvgIpc) is 3.41. The topological polar surface area (TPSA) is 71.2 Å². The van der Waals surface area contributed by atoms with Gasteiger partial charge in [-0.2, -0.15) is 0 Å². The summed E-state index contributed by atoms with van der Waals surface area (Å²) in [6, 6.07) is 27.6. The maximum Gasteiger partial charge on any atom is 0.254 e. The second kappa shape index (κ2) is 12.3. The smallest absolute Gasteiger partial charge is 0.254 e. The molecule has 2 heterocycles. The van der Waals surface area contributed by atoms with Crippen molar-refractivity contribution in [2.45, 2.75) is 38.1 Å². The molecule has 1 fully saturated rings. The lowest BCUT2D eigenvalue weighted by Gasteiger charge is -2.43. The van der Waals surface area contributed by atoms with Crippen molar-refractivity contribution in [1.82, 2.24) is 15.0 Å². The highest BCUT2D eigenvalue weighted by Gasteiger charge is 2.34. The molecular formula is C34H37N3O4. The predicted octanol–water partition coefficient (Wildman–Crippen LogP) is 5.45. The number of hydrogen-bond donors (Lipinski definition) is 1. The molecule has 6 rings (SSSR count). The maximum absolute atomic E-state index is 10.8. The molecule has 7 heteroatoms. The van der Waals surface area contributed by atoms with Crippen molar-refractivity contribution in [3.8, 4) is 11.6 Å². The summed E-state index contributed by atoms with van der Waals surface area (Å²) in [4.78, 5) is 4.86. The monoisotopic (exact) mass is 551 g/mol. The number of fused-ring (bicyclic) bond motifs is 2. The third kappa shape index (κ3) is 5.93. The van der Waals surface area contributed by atoms with Crippen LogP contribution < -0.4 is 9.47 Å². The van der Waals surface area contributed by atoms with Crippen LogP contribution in [-0.4, -0.2) is 65.7 Å². The number of methoxy groups -OCH3 is 1. The summed E-state index contributed by atoms with van der Waals surface area (Å²) < 4.78 is 16.9. The molecule has 0 saturated carbocycles. The summed E-state index contributed by atoms with van der Waals surface area (Å²) in [6.07, 6.45) is 4.75. The zero-order valence-corrected chi connectivity index (χ0v) is 23.6. The molecule has 4 aromatic rings. The normalized spacial score (nSPS) is 17.9. The molecule has 2 atom stereocenters. The van der Waals surface area contributed by atoms with Gasteiger partial charge < -0.3 is 19.1 Å². The summed E-state index contributed by atoms with van der Waals surface area (Å²) in [5, 5.41) is 14.7. The van der Waals surface area contributed by atoms with Crippen molar-refractivity contribution in [3.63, 3.8) is 0 Å². The fraction of sp³-hybridized carbons (Fsp3) is 0.324. The fourth-order valence-corrected chi connectivity index (χ4v) is 6.09. The van der Waals surface area contributed by atoms with E-state index in [9.17, 15) is 5.11 Å². The Kier molecular flexibility index (Phi) is 8.19. The fourth-order valence-electron chi connectivity index (χ4n) is 6.09. The van der Waals surface area contributed by atoms with Crippen LogP contribution in [0.4, 0.5) is 0 Å². The van der Waals surface area contributed by atoms with Crippen LogP contribution in [0, 0.1) is 0 Å². The first-order valence-electron chi connectivity index (χ1n) is 14.4. The van der Waals surface area contributed by atoms with Crippen LogP contribution in [0.1, 0.15) is 46.5 Å². The van der Waals surface area contributed by atoms with Gasteiger partial charge in [0.05, 0.1) is 13.2 Å². The van der Waals surface area contributed by atoms with Gasteiger partial charge in [0.1, 0.15) is 11.9 Å². The Balaban J connectivity index is 1.19. The van der Waals surface area contributed by atoms with Gasteiger partial charge in [-0.1, -0.05) is 66.7 Å². The molecule has 2 aliphatic rings. The van der Waals surface area contributed by atoms with E-state index in [-0.39, 0.29) is 6.04 Å². The van der Waals surface area contributed by atoms with Gasteiger partial charge in [0.2, 0.25) is 0 Å². The number of benzene rings is 3. The lowest BCUT2D eigenvalue weighted by molar-refractivity contribution is -0.0771. The van der Waals surface area contributed by atoms with Gasteiger partial charge in [-0.25, -0.2) is 0 Å². The van der Waals surface area contributed by atoms with Gasteiger partial charge >= 0.3 is 0 Å². The van der Waals surface area contributed by atoms with E-state index >= 15 is 0 Å².